The minimum Gasteiger partial charge on any atom is -0.542 e. The van der Waals surface area contributed by atoms with Gasteiger partial charge in [0.25, 0.3) is 0 Å². The second-order valence-electron chi connectivity index (χ2n) is 0.204. The molecule has 0 aromatic carbocycles. The minimum absolute atomic E-state index is 0. The van der Waals surface area contributed by atoms with Gasteiger partial charge in [0, 0.05) is 20.4 Å². The molecule has 0 spiro atoms. The first kappa shape index (κ1) is 53.6. The molecular formula is C7H13O6Re-. The summed E-state index contributed by atoms with van der Waals surface area (Å²) in [5.41, 5.74) is 0. The maximum Gasteiger partial charge on any atom is 0.106 e. The standard InChI is InChI=1S/C2H3O.5CH2O.Re/c1-2-3;5*1-2;/h1H3;5*1H2;/q-1;;;;;;. The van der Waals surface area contributed by atoms with Crippen LogP contribution in [0.3, 0.4) is 0 Å². The van der Waals surface area contributed by atoms with Crippen LogP contribution in [0.2, 0.25) is 0 Å². The fraction of sp³-hybridized carbons (Fsp3) is 0.143. The van der Waals surface area contributed by atoms with Crippen LogP contribution in [0.1, 0.15) is 6.92 Å². The summed E-state index contributed by atoms with van der Waals surface area (Å²) < 4.78 is 0. The molecule has 6 nitrogen and oxygen atoms in total. The van der Waals surface area contributed by atoms with Gasteiger partial charge in [-0.2, -0.15) is 6.92 Å². The Kier molecular flexibility index (Phi) is 50600. The fourth-order valence-corrected chi connectivity index (χ4v) is 0. The molecule has 1 radical (unpaired) electrons. The summed E-state index contributed by atoms with van der Waals surface area (Å²) in [4.78, 5) is 48.7. The summed E-state index contributed by atoms with van der Waals surface area (Å²) >= 11 is 0. The molecule has 0 aliphatic carbocycles. The molecule has 0 heterocycles. The van der Waals surface area contributed by atoms with Crippen LogP contribution in [0.25, 0.3) is 0 Å². The van der Waals surface area contributed by atoms with Crippen molar-refractivity contribution in [3.8, 4) is 0 Å². The van der Waals surface area contributed by atoms with Crippen molar-refractivity contribution >= 4 is 40.2 Å². The molecular weight excluding hydrogens is 366 g/mol. The molecule has 0 saturated carbocycles. The summed E-state index contributed by atoms with van der Waals surface area (Å²) in [6, 6.07) is 0. The van der Waals surface area contributed by atoms with Crippen molar-refractivity contribution in [2.24, 2.45) is 0 Å². The van der Waals surface area contributed by atoms with Crippen molar-refractivity contribution in [3.05, 3.63) is 0 Å². The second kappa shape index (κ2) is 13200. The summed E-state index contributed by atoms with van der Waals surface area (Å²) in [7, 11) is 0. The Bertz CT molecular complexity index is 52.5. The van der Waals surface area contributed by atoms with E-state index in [1.165, 1.54) is 13.2 Å². The van der Waals surface area contributed by atoms with Gasteiger partial charge >= 0.3 is 0 Å². The normalized spacial score (nSPS) is 2.36. The number of carbonyl (C=O) groups is 5. The van der Waals surface area contributed by atoms with E-state index in [2.05, 4.69) is 0 Å². The summed E-state index contributed by atoms with van der Waals surface area (Å²) in [5, 5.41) is 0. The number of hydrogen-bond acceptors (Lipinski definition) is 6. The van der Waals surface area contributed by atoms with Crippen molar-refractivity contribution in [3.63, 3.8) is 0 Å². The van der Waals surface area contributed by atoms with Crippen molar-refractivity contribution < 1.29 is 49.2 Å². The monoisotopic (exact) mass is 380 g/mol. The van der Waals surface area contributed by atoms with E-state index in [9.17, 15) is 0 Å². The van der Waals surface area contributed by atoms with Gasteiger partial charge in [-0.25, -0.2) is 0 Å². The van der Waals surface area contributed by atoms with Gasteiger partial charge in [-0.1, -0.05) is 0 Å². The third-order valence-electron chi connectivity index (χ3n) is 0. The van der Waals surface area contributed by atoms with Crippen LogP contribution in [-0.2, 0) is 49.2 Å². The average molecular weight is 379 g/mol. The van der Waals surface area contributed by atoms with Crippen LogP contribution < -0.4 is 0 Å². The SMILES string of the molecule is C=O.C=O.C=O.C=O.C=O.C[C-]=O.[Re]. The third-order valence-corrected chi connectivity index (χ3v) is 0. The molecule has 14 heavy (non-hydrogen) atoms. The third kappa shape index (κ3) is 577. The molecule has 0 rings (SSSR count). The van der Waals surface area contributed by atoms with Crippen molar-refractivity contribution in [1.29, 1.82) is 0 Å². The Morgan fingerprint density at radius 2 is 0.643 bits per heavy atom. The first-order chi connectivity index (χ1) is 6.41. The summed E-state index contributed by atoms with van der Waals surface area (Å²) in [5.74, 6) is 0. The predicted molar refractivity (Wildman–Crippen MR) is 47.0 cm³/mol. The van der Waals surface area contributed by atoms with Gasteiger partial charge in [-0.05, 0) is 0 Å². The predicted octanol–water partition coefficient (Wildman–Crippen LogP) is -0.811. The molecule has 0 saturated heterocycles. The topological polar surface area (TPSA) is 102 Å². The second-order valence-corrected chi connectivity index (χ2v) is 0.204. The minimum atomic E-state index is 0. The number of hydrogen-bond donors (Lipinski definition) is 0. The largest absolute Gasteiger partial charge is 0.542 e. The van der Waals surface area contributed by atoms with Gasteiger partial charge in [0.15, 0.2) is 0 Å². The van der Waals surface area contributed by atoms with Crippen LogP contribution in [0, 0.1) is 0 Å². The van der Waals surface area contributed by atoms with Crippen LogP contribution in [0.15, 0.2) is 0 Å². The van der Waals surface area contributed by atoms with E-state index in [-0.39, 0.29) is 20.4 Å². The Morgan fingerprint density at radius 3 is 0.643 bits per heavy atom. The van der Waals surface area contributed by atoms with Crippen LogP contribution >= 0.6 is 0 Å². The number of rotatable bonds is 0. The summed E-state index contributed by atoms with van der Waals surface area (Å²) in [6.07, 6.45) is 1.50. The van der Waals surface area contributed by atoms with Gasteiger partial charge in [-0.15, -0.1) is 0 Å². The first-order valence-electron chi connectivity index (χ1n) is 2.15. The molecule has 0 aliphatic rings. The Balaban J connectivity index is -0.00000000838. The molecule has 0 atom stereocenters. The molecule has 0 N–H and O–H groups in total. The maximum atomic E-state index is 8.68. The average Bonchev–Trinajstić information content (AvgIpc) is 2.32. The van der Waals surface area contributed by atoms with Crippen LogP contribution in [-0.4, -0.2) is 40.2 Å². The van der Waals surface area contributed by atoms with E-state index in [1.54, 1.807) is 0 Å². The van der Waals surface area contributed by atoms with Gasteiger partial charge in [0.05, 0.1) is 0 Å². The van der Waals surface area contributed by atoms with Gasteiger partial charge < -0.3 is 28.8 Å². The molecule has 0 aliphatic heterocycles. The van der Waals surface area contributed by atoms with E-state index < -0.39 is 0 Å². The van der Waals surface area contributed by atoms with Crippen LogP contribution in [0.5, 0.6) is 0 Å². The molecule has 85 valence electrons. The van der Waals surface area contributed by atoms with Crippen molar-refractivity contribution in [2.45, 2.75) is 6.92 Å². The fourth-order valence-electron chi connectivity index (χ4n) is 0. The first-order valence-corrected chi connectivity index (χ1v) is 2.15. The van der Waals surface area contributed by atoms with E-state index in [4.69, 9.17) is 28.8 Å². The Hall–Kier alpha value is -1.32. The van der Waals surface area contributed by atoms with Crippen molar-refractivity contribution in [1.82, 2.24) is 0 Å². The molecule has 0 aromatic rings. The Labute approximate surface area is 96.7 Å². The van der Waals surface area contributed by atoms with Gasteiger partial charge in [0.2, 0.25) is 0 Å². The quantitative estimate of drug-likeness (QED) is 0.510. The van der Waals surface area contributed by atoms with E-state index in [0.717, 1.165) is 0 Å². The molecule has 0 amide bonds. The summed E-state index contributed by atoms with van der Waals surface area (Å²) in [6.45, 7) is 11.3. The Morgan fingerprint density at radius 1 is 0.643 bits per heavy atom. The molecule has 0 aromatic heterocycles. The maximum absolute atomic E-state index is 8.68. The van der Waals surface area contributed by atoms with Crippen molar-refractivity contribution in [2.75, 3.05) is 0 Å². The van der Waals surface area contributed by atoms with E-state index in [1.807, 2.05) is 33.9 Å². The van der Waals surface area contributed by atoms with E-state index >= 15 is 0 Å². The number of carbonyl (C=O) groups excluding carboxylic acids is 6. The van der Waals surface area contributed by atoms with Gasteiger partial charge in [-0.3, -0.25) is 6.29 Å². The van der Waals surface area contributed by atoms with Crippen LogP contribution in [0.4, 0.5) is 0 Å². The molecule has 7 heteroatoms. The molecule has 0 unspecified atom stereocenters. The molecule has 0 bridgehead atoms. The molecule has 0 fully saturated rings. The van der Waals surface area contributed by atoms with Gasteiger partial charge in [0.1, 0.15) is 33.9 Å². The zero-order valence-corrected chi connectivity index (χ0v) is 10.6. The zero-order chi connectivity index (χ0) is 12.7. The smallest absolute Gasteiger partial charge is 0.106 e. The zero-order valence-electron chi connectivity index (χ0n) is 7.86. The van der Waals surface area contributed by atoms with E-state index in [0.29, 0.717) is 0 Å².